The highest BCUT2D eigenvalue weighted by Gasteiger charge is 2.33. The van der Waals surface area contributed by atoms with Crippen molar-refractivity contribution in [2.45, 2.75) is 18.9 Å². The minimum absolute atomic E-state index is 0.158. The van der Waals surface area contributed by atoms with Crippen LogP contribution in [0.25, 0.3) is 11.0 Å². The van der Waals surface area contributed by atoms with E-state index in [1.54, 1.807) is 4.57 Å². The van der Waals surface area contributed by atoms with E-state index in [4.69, 9.17) is 9.47 Å². The van der Waals surface area contributed by atoms with Gasteiger partial charge in [0.1, 0.15) is 17.4 Å². The number of carbonyl (C=O) groups excluding carboxylic acids is 1. The van der Waals surface area contributed by atoms with E-state index in [1.807, 2.05) is 72.8 Å². The molecule has 1 aliphatic heterocycles. The Morgan fingerprint density at radius 3 is 2.30 bits per heavy atom. The molecule has 0 unspecified atom stereocenters. The number of aromatic amines is 1. The van der Waals surface area contributed by atoms with Crippen LogP contribution >= 0.6 is 0 Å². The van der Waals surface area contributed by atoms with Crippen molar-refractivity contribution in [1.82, 2.24) is 9.55 Å². The highest BCUT2D eigenvalue weighted by atomic mass is 16.5. The molecule has 5 rings (SSSR count). The Balaban J connectivity index is 1.30. The fraction of sp³-hybridized carbons (Fsp3) is 0.167. The fourth-order valence-corrected chi connectivity index (χ4v) is 3.97. The van der Waals surface area contributed by atoms with Gasteiger partial charge in [-0.1, -0.05) is 48.5 Å². The molecule has 3 aromatic carbocycles. The third-order valence-corrected chi connectivity index (χ3v) is 5.37. The summed E-state index contributed by atoms with van der Waals surface area (Å²) in [5.74, 6) is 0.499. The molecule has 0 bridgehead atoms. The van der Waals surface area contributed by atoms with E-state index in [0.717, 1.165) is 22.2 Å². The summed E-state index contributed by atoms with van der Waals surface area (Å²) in [6, 6.07) is 22.6. The molecule has 0 saturated heterocycles. The van der Waals surface area contributed by atoms with E-state index in [9.17, 15) is 9.59 Å². The number of nitrogens with zero attached hydrogens (tertiary/aromatic N) is 1. The number of aryl methyl sites for hydroxylation is 1. The molecule has 1 aliphatic rings. The first-order valence-corrected chi connectivity index (χ1v) is 9.92. The monoisotopic (exact) mass is 400 g/mol. The molecule has 1 N–H and O–H groups in total. The first-order valence-electron chi connectivity index (χ1n) is 9.92. The maximum atomic E-state index is 13.0. The van der Waals surface area contributed by atoms with Crippen LogP contribution in [0.5, 0.6) is 11.5 Å². The quantitative estimate of drug-likeness (QED) is 0.403. The number of ether oxygens (including phenoxy) is 2. The Morgan fingerprint density at radius 1 is 0.933 bits per heavy atom. The second-order valence-electron chi connectivity index (χ2n) is 7.23. The van der Waals surface area contributed by atoms with E-state index in [2.05, 4.69) is 4.98 Å². The van der Waals surface area contributed by atoms with Crippen LogP contribution in [-0.4, -0.2) is 22.1 Å². The van der Waals surface area contributed by atoms with Gasteiger partial charge in [-0.3, -0.25) is 9.36 Å². The molecule has 0 atom stereocenters. The largest absolute Gasteiger partial charge is 0.465 e. The molecule has 0 amide bonds. The summed E-state index contributed by atoms with van der Waals surface area (Å²) in [5.41, 5.74) is 3.09. The zero-order valence-electron chi connectivity index (χ0n) is 16.2. The average Bonchev–Trinajstić information content (AvgIpc) is 3.09. The normalized spacial score (nSPS) is 12.8. The summed E-state index contributed by atoms with van der Waals surface area (Å²) in [6.45, 7) is 0.698. The maximum Gasteiger partial charge on any atom is 0.326 e. The van der Waals surface area contributed by atoms with Crippen molar-refractivity contribution in [1.29, 1.82) is 0 Å². The van der Waals surface area contributed by atoms with E-state index in [-0.39, 0.29) is 18.3 Å². The Morgan fingerprint density at radius 2 is 1.57 bits per heavy atom. The van der Waals surface area contributed by atoms with E-state index >= 15 is 0 Å². The topological polar surface area (TPSA) is 73.3 Å². The second-order valence-corrected chi connectivity index (χ2v) is 7.23. The highest BCUT2D eigenvalue weighted by molar-refractivity contribution is 5.85. The highest BCUT2D eigenvalue weighted by Crippen LogP contribution is 2.44. The number of nitrogens with one attached hydrogen (secondary N) is 1. The number of rotatable bonds is 5. The fourth-order valence-electron chi connectivity index (χ4n) is 3.97. The van der Waals surface area contributed by atoms with Crippen LogP contribution in [0.3, 0.4) is 0 Å². The third-order valence-electron chi connectivity index (χ3n) is 5.37. The maximum absolute atomic E-state index is 13.0. The van der Waals surface area contributed by atoms with Crippen molar-refractivity contribution < 1.29 is 14.3 Å². The molecule has 0 aliphatic carbocycles. The van der Waals surface area contributed by atoms with Crippen LogP contribution in [0.4, 0.5) is 0 Å². The summed E-state index contributed by atoms with van der Waals surface area (Å²) in [4.78, 5) is 28.0. The first kappa shape index (κ1) is 18.2. The average molecular weight is 400 g/mol. The lowest BCUT2D eigenvalue weighted by Gasteiger charge is -2.26. The van der Waals surface area contributed by atoms with Crippen molar-refractivity contribution in [3.05, 3.63) is 94.4 Å². The van der Waals surface area contributed by atoms with Crippen LogP contribution in [0, 0.1) is 0 Å². The Bertz CT molecular complexity index is 1240. The molecule has 0 fully saturated rings. The molecule has 6 heteroatoms. The molecule has 0 saturated carbocycles. The third kappa shape index (κ3) is 3.16. The molecule has 4 aromatic rings. The molecular weight excluding hydrogens is 380 g/mol. The molecule has 6 nitrogen and oxygen atoms in total. The van der Waals surface area contributed by atoms with Gasteiger partial charge < -0.3 is 14.5 Å². The van der Waals surface area contributed by atoms with Crippen LogP contribution in [-0.2, 0) is 16.1 Å². The van der Waals surface area contributed by atoms with Crippen molar-refractivity contribution >= 4 is 17.0 Å². The number of benzene rings is 3. The lowest BCUT2D eigenvalue weighted by atomic mass is 9.88. The second kappa shape index (κ2) is 7.55. The summed E-state index contributed by atoms with van der Waals surface area (Å²) >= 11 is 0. The van der Waals surface area contributed by atoms with Crippen LogP contribution in [0.2, 0.25) is 0 Å². The van der Waals surface area contributed by atoms with Gasteiger partial charge in [0.25, 0.3) is 0 Å². The SMILES string of the molecule is O=C(OCCCn1c(=O)[nH]c2ccccc21)C1c2ccccc2Oc2ccccc21. The Hall–Kier alpha value is -3.80. The van der Waals surface area contributed by atoms with Gasteiger partial charge in [0.05, 0.1) is 17.6 Å². The number of hydrogen-bond donors (Lipinski definition) is 1. The van der Waals surface area contributed by atoms with Gasteiger partial charge in [0.2, 0.25) is 0 Å². The molecule has 1 aromatic heterocycles. The molecular formula is C24H20N2O4. The zero-order chi connectivity index (χ0) is 20.5. The van der Waals surface area contributed by atoms with Crippen molar-refractivity contribution in [2.24, 2.45) is 0 Å². The van der Waals surface area contributed by atoms with E-state index in [1.165, 1.54) is 0 Å². The van der Waals surface area contributed by atoms with Gasteiger partial charge in [0, 0.05) is 17.7 Å². The van der Waals surface area contributed by atoms with Crippen LogP contribution in [0.15, 0.2) is 77.6 Å². The van der Waals surface area contributed by atoms with Gasteiger partial charge in [-0.15, -0.1) is 0 Å². The van der Waals surface area contributed by atoms with Crippen molar-refractivity contribution in [2.75, 3.05) is 6.61 Å². The number of aromatic nitrogens is 2. The molecule has 0 spiro atoms. The standard InChI is InChI=1S/C24H20N2O4/c27-23(29-15-7-14-26-19-11-4-3-10-18(19)25-24(26)28)22-16-8-1-5-12-20(16)30-21-13-6-2-9-17(21)22/h1-6,8-13,22H,7,14-15H2,(H,25,28). The first-order chi connectivity index (χ1) is 14.7. The summed E-state index contributed by atoms with van der Waals surface area (Å²) in [7, 11) is 0. The summed E-state index contributed by atoms with van der Waals surface area (Å²) in [5, 5.41) is 0. The zero-order valence-corrected chi connectivity index (χ0v) is 16.2. The lowest BCUT2D eigenvalue weighted by molar-refractivity contribution is -0.144. The minimum Gasteiger partial charge on any atom is -0.465 e. The van der Waals surface area contributed by atoms with Gasteiger partial charge in [-0.05, 0) is 30.7 Å². The van der Waals surface area contributed by atoms with E-state index in [0.29, 0.717) is 24.5 Å². The van der Waals surface area contributed by atoms with Crippen LogP contribution < -0.4 is 10.4 Å². The predicted molar refractivity (Wildman–Crippen MR) is 113 cm³/mol. The number of fused-ring (bicyclic) bond motifs is 3. The minimum atomic E-state index is -0.526. The summed E-state index contributed by atoms with van der Waals surface area (Å²) < 4.78 is 13.2. The number of para-hydroxylation sites is 4. The van der Waals surface area contributed by atoms with Gasteiger partial charge >= 0.3 is 11.7 Å². The number of imidazole rings is 1. The van der Waals surface area contributed by atoms with Crippen LogP contribution in [0.1, 0.15) is 23.5 Å². The molecule has 2 heterocycles. The lowest BCUT2D eigenvalue weighted by Crippen LogP contribution is -2.22. The van der Waals surface area contributed by atoms with Gasteiger partial charge in [0.15, 0.2) is 0 Å². The molecule has 0 radical (unpaired) electrons. The Labute approximate surface area is 172 Å². The number of H-pyrrole nitrogens is 1. The predicted octanol–water partition coefficient (Wildman–Crippen LogP) is 4.20. The number of carbonyl (C=O) groups is 1. The van der Waals surface area contributed by atoms with Crippen molar-refractivity contribution in [3.63, 3.8) is 0 Å². The summed E-state index contributed by atoms with van der Waals surface area (Å²) in [6.07, 6.45) is 0.542. The van der Waals surface area contributed by atoms with Gasteiger partial charge in [-0.2, -0.15) is 0 Å². The molecule has 150 valence electrons. The van der Waals surface area contributed by atoms with E-state index < -0.39 is 5.92 Å². The number of esters is 1. The number of hydrogen-bond acceptors (Lipinski definition) is 4. The van der Waals surface area contributed by atoms with Crippen molar-refractivity contribution in [3.8, 4) is 11.5 Å². The van der Waals surface area contributed by atoms with Gasteiger partial charge in [-0.25, -0.2) is 4.79 Å². The molecule has 30 heavy (non-hydrogen) atoms. The Kier molecular flexibility index (Phi) is 4.59. The smallest absolute Gasteiger partial charge is 0.326 e.